The number of hydrogen-bond donors (Lipinski definition) is 2. The molecule has 1 amide bonds. The molecule has 0 saturated heterocycles. The number of nitrogens with zero attached hydrogens (tertiary/aromatic N) is 2. The van der Waals surface area contributed by atoms with E-state index >= 15 is 0 Å². The summed E-state index contributed by atoms with van der Waals surface area (Å²) in [6.07, 6.45) is 8.03. The lowest BCUT2D eigenvalue weighted by Gasteiger charge is -2.09. The number of H-pyrrole nitrogens is 1. The summed E-state index contributed by atoms with van der Waals surface area (Å²) < 4.78 is 1.95. The summed E-state index contributed by atoms with van der Waals surface area (Å²) in [5.74, 6) is 0.626. The highest BCUT2D eigenvalue weighted by Gasteiger charge is 2.29. The molecule has 2 aromatic heterocycles. The summed E-state index contributed by atoms with van der Waals surface area (Å²) in [5, 5.41) is 8.24. The van der Waals surface area contributed by atoms with Crippen LogP contribution in [0.4, 0.5) is 5.69 Å². The number of rotatable bonds is 4. The minimum Gasteiger partial charge on any atom is -0.361 e. The van der Waals surface area contributed by atoms with Gasteiger partial charge >= 0.3 is 0 Å². The second kappa shape index (κ2) is 5.02. The Hall–Kier alpha value is -2.56. The lowest BCUT2D eigenvalue weighted by atomic mass is 10.1. The van der Waals surface area contributed by atoms with E-state index in [-0.39, 0.29) is 5.91 Å². The number of aromatic amines is 1. The molecule has 3 aromatic rings. The third kappa shape index (κ3) is 2.28. The fourth-order valence-corrected chi connectivity index (χ4v) is 2.90. The molecule has 1 aliphatic rings. The van der Waals surface area contributed by atoms with Crippen molar-refractivity contribution in [3.63, 3.8) is 0 Å². The zero-order chi connectivity index (χ0) is 15.1. The van der Waals surface area contributed by atoms with Gasteiger partial charge in [-0.25, -0.2) is 0 Å². The second-order valence-corrected chi connectivity index (χ2v) is 5.99. The Labute approximate surface area is 128 Å². The largest absolute Gasteiger partial charge is 0.361 e. The van der Waals surface area contributed by atoms with E-state index in [1.165, 1.54) is 12.8 Å². The van der Waals surface area contributed by atoms with Crippen LogP contribution >= 0.6 is 0 Å². The Balaban J connectivity index is 1.55. The number of fused-ring (bicyclic) bond motifs is 1. The molecule has 1 unspecified atom stereocenters. The van der Waals surface area contributed by atoms with E-state index in [9.17, 15) is 4.79 Å². The summed E-state index contributed by atoms with van der Waals surface area (Å²) in [5.41, 5.74) is 2.37. The second-order valence-electron chi connectivity index (χ2n) is 5.99. The van der Waals surface area contributed by atoms with E-state index in [2.05, 4.69) is 22.3 Å². The van der Waals surface area contributed by atoms with E-state index in [1.807, 2.05) is 41.3 Å². The Kier molecular flexibility index (Phi) is 2.99. The van der Waals surface area contributed by atoms with Crippen molar-refractivity contribution in [3.05, 3.63) is 48.4 Å². The number of benzene rings is 1. The number of carbonyl (C=O) groups excluding carboxylic acids is 1. The fourth-order valence-electron chi connectivity index (χ4n) is 2.90. The highest BCUT2D eigenvalue weighted by molar-refractivity contribution is 6.12. The summed E-state index contributed by atoms with van der Waals surface area (Å²) >= 11 is 0. The molecule has 2 heterocycles. The quantitative estimate of drug-likeness (QED) is 0.772. The van der Waals surface area contributed by atoms with Crippen molar-refractivity contribution in [2.75, 3.05) is 5.32 Å². The molecule has 112 valence electrons. The van der Waals surface area contributed by atoms with Gasteiger partial charge in [0.05, 0.1) is 17.9 Å². The summed E-state index contributed by atoms with van der Waals surface area (Å²) in [7, 11) is 0. The molecule has 2 N–H and O–H groups in total. The molecule has 1 saturated carbocycles. The first-order valence-electron chi connectivity index (χ1n) is 7.64. The van der Waals surface area contributed by atoms with Crippen molar-refractivity contribution >= 4 is 22.5 Å². The van der Waals surface area contributed by atoms with E-state index in [4.69, 9.17) is 0 Å². The van der Waals surface area contributed by atoms with Gasteiger partial charge in [0, 0.05) is 28.9 Å². The molecule has 1 atom stereocenters. The molecule has 0 radical (unpaired) electrons. The first-order chi connectivity index (χ1) is 10.7. The van der Waals surface area contributed by atoms with Crippen LogP contribution in [-0.2, 0) is 0 Å². The third-order valence-corrected chi connectivity index (χ3v) is 4.42. The first kappa shape index (κ1) is 13.1. The molecule has 1 aliphatic carbocycles. The van der Waals surface area contributed by atoms with Crippen LogP contribution in [0.2, 0.25) is 0 Å². The highest BCUT2D eigenvalue weighted by Crippen LogP contribution is 2.39. The molecule has 0 bridgehead atoms. The van der Waals surface area contributed by atoms with E-state index < -0.39 is 0 Å². The van der Waals surface area contributed by atoms with Crippen molar-refractivity contribution in [3.8, 4) is 0 Å². The maximum atomic E-state index is 12.5. The van der Waals surface area contributed by atoms with Crippen LogP contribution in [0, 0.1) is 5.92 Å². The Morgan fingerprint density at radius 2 is 2.27 bits per heavy atom. The van der Waals surface area contributed by atoms with Gasteiger partial charge in [-0.05, 0) is 43.9 Å². The predicted octanol–water partition coefficient (Wildman–Crippen LogP) is 3.59. The minimum atomic E-state index is -0.108. The van der Waals surface area contributed by atoms with Gasteiger partial charge in [-0.3, -0.25) is 9.48 Å². The van der Waals surface area contributed by atoms with Gasteiger partial charge in [-0.2, -0.15) is 5.10 Å². The van der Waals surface area contributed by atoms with Crippen molar-refractivity contribution in [2.24, 2.45) is 5.92 Å². The monoisotopic (exact) mass is 294 g/mol. The Morgan fingerprint density at radius 1 is 1.41 bits per heavy atom. The van der Waals surface area contributed by atoms with Crippen LogP contribution in [0.1, 0.15) is 36.2 Å². The Morgan fingerprint density at radius 3 is 3.09 bits per heavy atom. The number of hydrogen-bond acceptors (Lipinski definition) is 2. The normalized spacial score (nSPS) is 15.9. The lowest BCUT2D eigenvalue weighted by Crippen LogP contribution is -2.12. The maximum Gasteiger partial charge on any atom is 0.256 e. The van der Waals surface area contributed by atoms with Crippen molar-refractivity contribution in [1.82, 2.24) is 14.8 Å². The molecule has 5 nitrogen and oxygen atoms in total. The SMILES string of the molecule is CC(C1CC1)n1cc(NC(=O)c2cccc3[nH]ccc23)cn1. The van der Waals surface area contributed by atoms with Gasteiger partial charge in [-0.15, -0.1) is 0 Å². The molecule has 0 spiro atoms. The van der Waals surface area contributed by atoms with Gasteiger partial charge in [0.2, 0.25) is 0 Å². The molecule has 5 heteroatoms. The lowest BCUT2D eigenvalue weighted by molar-refractivity contribution is 0.102. The number of nitrogens with one attached hydrogen (secondary N) is 2. The smallest absolute Gasteiger partial charge is 0.256 e. The molecule has 0 aliphatic heterocycles. The van der Waals surface area contributed by atoms with Crippen molar-refractivity contribution < 1.29 is 4.79 Å². The summed E-state index contributed by atoms with van der Waals surface area (Å²) in [6.45, 7) is 2.18. The van der Waals surface area contributed by atoms with E-state index in [0.29, 0.717) is 11.6 Å². The minimum absolute atomic E-state index is 0.108. The molecular formula is C17H18N4O. The fraction of sp³-hybridized carbons (Fsp3) is 0.294. The van der Waals surface area contributed by atoms with Crippen LogP contribution in [0.3, 0.4) is 0 Å². The van der Waals surface area contributed by atoms with Crippen LogP contribution in [-0.4, -0.2) is 20.7 Å². The molecule has 4 rings (SSSR count). The van der Waals surface area contributed by atoms with Crippen LogP contribution in [0.5, 0.6) is 0 Å². The van der Waals surface area contributed by atoms with Gasteiger partial charge in [0.15, 0.2) is 0 Å². The molecule has 22 heavy (non-hydrogen) atoms. The predicted molar refractivity (Wildman–Crippen MR) is 85.9 cm³/mol. The van der Waals surface area contributed by atoms with Crippen LogP contribution in [0.15, 0.2) is 42.9 Å². The van der Waals surface area contributed by atoms with Gasteiger partial charge in [0.25, 0.3) is 5.91 Å². The zero-order valence-corrected chi connectivity index (χ0v) is 12.4. The number of carbonyl (C=O) groups is 1. The standard InChI is InChI=1S/C17H18N4O/c1-11(12-5-6-12)21-10-13(9-19-21)20-17(22)15-3-2-4-16-14(15)7-8-18-16/h2-4,7-12,18H,5-6H2,1H3,(H,20,22). The number of anilines is 1. The molecular weight excluding hydrogens is 276 g/mol. The first-order valence-corrected chi connectivity index (χ1v) is 7.64. The van der Waals surface area contributed by atoms with Crippen LogP contribution in [0.25, 0.3) is 10.9 Å². The molecule has 1 aromatic carbocycles. The van der Waals surface area contributed by atoms with Crippen LogP contribution < -0.4 is 5.32 Å². The average Bonchev–Trinajstić information content (AvgIpc) is 3.07. The molecule has 1 fully saturated rings. The van der Waals surface area contributed by atoms with Gasteiger partial charge in [0.1, 0.15) is 0 Å². The maximum absolute atomic E-state index is 12.5. The van der Waals surface area contributed by atoms with E-state index in [0.717, 1.165) is 22.5 Å². The number of amides is 1. The zero-order valence-electron chi connectivity index (χ0n) is 12.4. The van der Waals surface area contributed by atoms with Crippen molar-refractivity contribution in [1.29, 1.82) is 0 Å². The topological polar surface area (TPSA) is 62.7 Å². The Bertz CT molecular complexity index is 828. The summed E-state index contributed by atoms with van der Waals surface area (Å²) in [4.78, 5) is 15.6. The number of aromatic nitrogens is 3. The van der Waals surface area contributed by atoms with Gasteiger partial charge < -0.3 is 10.3 Å². The highest BCUT2D eigenvalue weighted by atomic mass is 16.1. The van der Waals surface area contributed by atoms with Crippen molar-refractivity contribution in [2.45, 2.75) is 25.8 Å². The average molecular weight is 294 g/mol. The third-order valence-electron chi connectivity index (χ3n) is 4.42. The van der Waals surface area contributed by atoms with Gasteiger partial charge in [-0.1, -0.05) is 6.07 Å². The summed E-state index contributed by atoms with van der Waals surface area (Å²) in [6, 6.07) is 8.00. The van der Waals surface area contributed by atoms with E-state index in [1.54, 1.807) is 6.20 Å².